The Morgan fingerprint density at radius 2 is 2.14 bits per heavy atom. The molecule has 1 aromatic rings. The number of hydrogen-bond acceptors (Lipinski definition) is 4. The molecule has 1 atom stereocenters. The van der Waals surface area contributed by atoms with E-state index in [4.69, 9.17) is 4.74 Å². The van der Waals surface area contributed by atoms with Crippen LogP contribution in [0.15, 0.2) is 18.2 Å². The molecule has 0 spiro atoms. The van der Waals surface area contributed by atoms with Gasteiger partial charge in [-0.3, -0.25) is 10.1 Å². The summed E-state index contributed by atoms with van der Waals surface area (Å²) in [5, 5.41) is 5.82. The molecule has 22 heavy (non-hydrogen) atoms. The van der Waals surface area contributed by atoms with Crippen molar-refractivity contribution in [1.82, 2.24) is 5.32 Å². The quantitative estimate of drug-likeness (QED) is 0.879. The minimum atomic E-state index is -0.423. The Hall–Kier alpha value is -0.980. The number of carbonyl (C=O) groups excluding carboxylic acids is 1. The van der Waals surface area contributed by atoms with E-state index < -0.39 is 5.82 Å². The van der Waals surface area contributed by atoms with Crippen molar-refractivity contribution >= 4 is 35.8 Å². The summed E-state index contributed by atoms with van der Waals surface area (Å²) < 4.78 is 19.7. The number of nitrogens with one attached hydrogen (secondary N) is 2. The maximum absolute atomic E-state index is 14.0. The summed E-state index contributed by atoms with van der Waals surface area (Å²) >= 11 is 1.68. The molecule has 1 saturated heterocycles. The number of carbonyl (C=O) groups is 1. The first-order valence-electron chi connectivity index (χ1n) is 7.30. The standard InChI is InChI=1S/C15H19FN2O2S.ClH/c16-12-7-10(18-15(19)13-8-21-9-17-13)5-6-14(12)20-11-3-1-2-4-11;/h5-7,11,13,17H,1-4,8-9H2,(H,18,19);1H. The van der Waals surface area contributed by atoms with Crippen LogP contribution in [0.4, 0.5) is 10.1 Å². The number of halogens is 2. The van der Waals surface area contributed by atoms with Crippen molar-refractivity contribution in [2.24, 2.45) is 0 Å². The number of rotatable bonds is 4. The van der Waals surface area contributed by atoms with Crippen molar-refractivity contribution < 1.29 is 13.9 Å². The fourth-order valence-corrected chi connectivity index (χ4v) is 3.59. The molecule has 7 heteroatoms. The highest BCUT2D eigenvalue weighted by molar-refractivity contribution is 7.99. The van der Waals surface area contributed by atoms with Crippen LogP contribution in [0.5, 0.6) is 5.75 Å². The van der Waals surface area contributed by atoms with Gasteiger partial charge in [-0.15, -0.1) is 24.2 Å². The van der Waals surface area contributed by atoms with Crippen LogP contribution >= 0.6 is 24.2 Å². The molecule has 1 aromatic carbocycles. The molecule has 2 N–H and O–H groups in total. The number of hydrogen-bond donors (Lipinski definition) is 2. The maximum Gasteiger partial charge on any atom is 0.242 e. The lowest BCUT2D eigenvalue weighted by molar-refractivity contribution is -0.117. The summed E-state index contributed by atoms with van der Waals surface area (Å²) in [5.41, 5.74) is 0.468. The first-order chi connectivity index (χ1) is 10.2. The molecule has 1 aliphatic carbocycles. The van der Waals surface area contributed by atoms with E-state index in [9.17, 15) is 9.18 Å². The second-order valence-corrected chi connectivity index (χ2v) is 6.46. The molecular weight excluding hydrogens is 327 g/mol. The predicted octanol–water partition coefficient (Wildman–Crippen LogP) is 3.17. The van der Waals surface area contributed by atoms with Crippen molar-refractivity contribution in [3.8, 4) is 5.75 Å². The molecule has 0 radical (unpaired) electrons. The van der Waals surface area contributed by atoms with Gasteiger partial charge < -0.3 is 10.1 Å². The molecule has 1 amide bonds. The van der Waals surface area contributed by atoms with E-state index in [1.54, 1.807) is 23.9 Å². The van der Waals surface area contributed by atoms with Crippen LogP contribution in [-0.2, 0) is 4.79 Å². The van der Waals surface area contributed by atoms with Crippen molar-refractivity contribution in [2.45, 2.75) is 37.8 Å². The van der Waals surface area contributed by atoms with Crippen LogP contribution in [0.3, 0.4) is 0 Å². The topological polar surface area (TPSA) is 50.4 Å². The fraction of sp³-hybridized carbons (Fsp3) is 0.533. The highest BCUT2D eigenvalue weighted by atomic mass is 35.5. The van der Waals surface area contributed by atoms with Crippen LogP contribution in [0, 0.1) is 5.82 Å². The third-order valence-electron chi connectivity index (χ3n) is 3.83. The van der Waals surface area contributed by atoms with Crippen LogP contribution in [-0.4, -0.2) is 29.7 Å². The van der Waals surface area contributed by atoms with Crippen LogP contribution < -0.4 is 15.4 Å². The Morgan fingerprint density at radius 1 is 1.36 bits per heavy atom. The lowest BCUT2D eigenvalue weighted by Gasteiger charge is -2.15. The van der Waals surface area contributed by atoms with Gasteiger partial charge in [-0.25, -0.2) is 4.39 Å². The monoisotopic (exact) mass is 346 g/mol. The molecule has 0 aromatic heterocycles. The van der Waals surface area contributed by atoms with E-state index in [1.807, 2.05) is 0 Å². The molecule has 2 aliphatic rings. The average molecular weight is 347 g/mol. The predicted molar refractivity (Wildman–Crippen MR) is 89.4 cm³/mol. The zero-order valence-corrected chi connectivity index (χ0v) is 13.8. The third-order valence-corrected chi connectivity index (χ3v) is 4.77. The van der Waals surface area contributed by atoms with Gasteiger partial charge in [-0.05, 0) is 37.8 Å². The molecular formula is C15H20ClFN2O2S. The van der Waals surface area contributed by atoms with E-state index in [1.165, 1.54) is 6.07 Å². The smallest absolute Gasteiger partial charge is 0.242 e. The molecule has 2 fully saturated rings. The Balaban J connectivity index is 0.00000176. The molecule has 1 heterocycles. The largest absolute Gasteiger partial charge is 0.487 e. The fourth-order valence-electron chi connectivity index (χ4n) is 2.65. The number of anilines is 1. The van der Waals surface area contributed by atoms with Gasteiger partial charge >= 0.3 is 0 Å². The van der Waals surface area contributed by atoms with E-state index >= 15 is 0 Å². The summed E-state index contributed by atoms with van der Waals surface area (Å²) in [6.45, 7) is 0. The molecule has 1 unspecified atom stereocenters. The normalized spacial score (nSPS) is 21.4. The summed E-state index contributed by atoms with van der Waals surface area (Å²) in [5.74, 6) is 1.25. The summed E-state index contributed by atoms with van der Waals surface area (Å²) in [6, 6.07) is 4.41. The van der Waals surface area contributed by atoms with Crippen molar-refractivity contribution in [3.05, 3.63) is 24.0 Å². The third kappa shape index (κ3) is 4.27. The van der Waals surface area contributed by atoms with E-state index in [-0.39, 0.29) is 36.2 Å². The van der Waals surface area contributed by atoms with E-state index in [0.29, 0.717) is 5.69 Å². The second-order valence-electron chi connectivity index (χ2n) is 5.43. The Kier molecular flexibility index (Phi) is 6.35. The van der Waals surface area contributed by atoms with Gasteiger partial charge in [0.25, 0.3) is 0 Å². The van der Waals surface area contributed by atoms with Gasteiger partial charge in [-0.1, -0.05) is 0 Å². The number of ether oxygens (including phenoxy) is 1. The van der Waals surface area contributed by atoms with Crippen molar-refractivity contribution in [3.63, 3.8) is 0 Å². The summed E-state index contributed by atoms with van der Waals surface area (Å²) in [6.07, 6.45) is 4.39. The minimum Gasteiger partial charge on any atom is -0.487 e. The van der Waals surface area contributed by atoms with Crippen LogP contribution in [0.2, 0.25) is 0 Å². The highest BCUT2D eigenvalue weighted by Gasteiger charge is 2.23. The van der Waals surface area contributed by atoms with E-state index in [0.717, 1.165) is 37.3 Å². The minimum absolute atomic E-state index is 0. The van der Waals surface area contributed by atoms with Gasteiger partial charge in [0.2, 0.25) is 5.91 Å². The first kappa shape index (κ1) is 17.4. The van der Waals surface area contributed by atoms with Gasteiger partial charge in [0, 0.05) is 23.4 Å². The Labute approximate surface area is 140 Å². The van der Waals surface area contributed by atoms with E-state index in [2.05, 4.69) is 10.6 Å². The van der Waals surface area contributed by atoms with Gasteiger partial charge in [0.05, 0.1) is 12.1 Å². The SMILES string of the molecule is Cl.O=C(Nc1ccc(OC2CCCC2)c(F)c1)C1CSCN1. The summed E-state index contributed by atoms with van der Waals surface area (Å²) in [7, 11) is 0. The Bertz CT molecular complexity index is 520. The van der Waals surface area contributed by atoms with Gasteiger partial charge in [0.1, 0.15) is 0 Å². The zero-order valence-electron chi connectivity index (χ0n) is 12.1. The molecule has 4 nitrogen and oxygen atoms in total. The lowest BCUT2D eigenvalue weighted by Crippen LogP contribution is -2.37. The maximum atomic E-state index is 14.0. The molecule has 3 rings (SSSR count). The van der Waals surface area contributed by atoms with Crippen LogP contribution in [0.25, 0.3) is 0 Å². The van der Waals surface area contributed by atoms with Crippen molar-refractivity contribution in [2.75, 3.05) is 16.9 Å². The van der Waals surface area contributed by atoms with Gasteiger partial charge in [0.15, 0.2) is 11.6 Å². The molecule has 122 valence electrons. The van der Waals surface area contributed by atoms with Gasteiger partial charge in [-0.2, -0.15) is 0 Å². The number of benzene rings is 1. The zero-order chi connectivity index (χ0) is 14.7. The average Bonchev–Trinajstić information content (AvgIpc) is 3.14. The Morgan fingerprint density at radius 3 is 2.77 bits per heavy atom. The second kappa shape index (κ2) is 8.04. The number of amides is 1. The van der Waals surface area contributed by atoms with Crippen molar-refractivity contribution in [1.29, 1.82) is 0 Å². The van der Waals surface area contributed by atoms with Crippen LogP contribution in [0.1, 0.15) is 25.7 Å². The lowest BCUT2D eigenvalue weighted by atomic mass is 10.2. The molecule has 0 bridgehead atoms. The molecule has 1 saturated carbocycles. The number of thioether (sulfide) groups is 1. The summed E-state index contributed by atoms with van der Waals surface area (Å²) in [4.78, 5) is 11.9. The molecule has 1 aliphatic heterocycles. The highest BCUT2D eigenvalue weighted by Crippen LogP contribution is 2.27. The first-order valence-corrected chi connectivity index (χ1v) is 8.46.